The minimum atomic E-state index is -0.112. The highest BCUT2D eigenvalue weighted by atomic mass is 16.1. The van der Waals surface area contributed by atoms with Gasteiger partial charge in [-0.05, 0) is 24.6 Å². The second kappa shape index (κ2) is 6.79. The van der Waals surface area contributed by atoms with Gasteiger partial charge in [-0.15, -0.1) is 0 Å². The molecule has 5 nitrogen and oxygen atoms in total. The van der Waals surface area contributed by atoms with Crippen LogP contribution in [0.15, 0.2) is 70.6 Å². The third-order valence-corrected chi connectivity index (χ3v) is 3.54. The Morgan fingerprint density at radius 2 is 1.74 bits per heavy atom. The van der Waals surface area contributed by atoms with E-state index in [4.69, 9.17) is 0 Å². The van der Waals surface area contributed by atoms with Crippen LogP contribution in [0.2, 0.25) is 0 Å². The van der Waals surface area contributed by atoms with Crippen LogP contribution in [0.5, 0.6) is 0 Å². The Kier molecular flexibility index (Phi) is 4.38. The van der Waals surface area contributed by atoms with Crippen LogP contribution in [0.3, 0.4) is 0 Å². The number of hydrogen-bond acceptors (Lipinski definition) is 3. The Bertz CT molecular complexity index is 848. The molecule has 3 aromatic rings. The number of nitrogens with zero attached hydrogens (tertiary/aromatic N) is 2. The molecule has 0 saturated heterocycles. The number of aryl methyl sites for hydroxylation is 1. The maximum absolute atomic E-state index is 12.5. The van der Waals surface area contributed by atoms with Crippen molar-refractivity contribution in [2.24, 2.45) is 5.10 Å². The molecule has 2 aromatic carbocycles. The van der Waals surface area contributed by atoms with Crippen LogP contribution in [-0.2, 0) is 6.54 Å². The van der Waals surface area contributed by atoms with Gasteiger partial charge in [-0.2, -0.15) is 5.10 Å². The summed E-state index contributed by atoms with van der Waals surface area (Å²) in [5.74, 6) is 0. The van der Waals surface area contributed by atoms with Crippen molar-refractivity contribution in [3.05, 3.63) is 87.8 Å². The van der Waals surface area contributed by atoms with Crippen LogP contribution in [0.1, 0.15) is 16.8 Å². The molecule has 0 radical (unpaired) electrons. The molecule has 0 bridgehead atoms. The third kappa shape index (κ3) is 3.40. The smallest absolute Gasteiger partial charge is 0.280 e. The Balaban J connectivity index is 1.75. The molecule has 23 heavy (non-hydrogen) atoms. The molecule has 0 spiro atoms. The van der Waals surface area contributed by atoms with Gasteiger partial charge in [-0.3, -0.25) is 9.89 Å². The summed E-state index contributed by atoms with van der Waals surface area (Å²) >= 11 is 0. The molecule has 1 aromatic heterocycles. The number of aromatic nitrogens is 2. The van der Waals surface area contributed by atoms with Gasteiger partial charge in [0.15, 0.2) is 0 Å². The van der Waals surface area contributed by atoms with Crippen LogP contribution >= 0.6 is 0 Å². The molecule has 116 valence electrons. The van der Waals surface area contributed by atoms with Crippen LogP contribution in [0, 0.1) is 6.92 Å². The largest absolute Gasteiger partial charge is 0.306 e. The van der Waals surface area contributed by atoms with E-state index in [9.17, 15) is 4.79 Å². The van der Waals surface area contributed by atoms with E-state index >= 15 is 0 Å². The number of aromatic amines is 1. The van der Waals surface area contributed by atoms with Gasteiger partial charge in [0.1, 0.15) is 0 Å². The summed E-state index contributed by atoms with van der Waals surface area (Å²) in [6.07, 6.45) is 1.57. The SMILES string of the molecule is Cc1[nH]n(-c2ccccc2)c(=O)c1C=NNCc1ccccc1. The van der Waals surface area contributed by atoms with E-state index in [1.54, 1.807) is 6.21 Å². The zero-order valence-corrected chi connectivity index (χ0v) is 12.9. The Morgan fingerprint density at radius 1 is 1.09 bits per heavy atom. The lowest BCUT2D eigenvalue weighted by Crippen LogP contribution is -2.17. The average Bonchev–Trinajstić information content (AvgIpc) is 2.88. The number of H-pyrrole nitrogens is 1. The average molecular weight is 306 g/mol. The molecule has 1 heterocycles. The second-order valence-electron chi connectivity index (χ2n) is 5.21. The molecular weight excluding hydrogens is 288 g/mol. The Hall–Kier alpha value is -3.08. The molecule has 0 aliphatic rings. The fraction of sp³-hybridized carbons (Fsp3) is 0.111. The van der Waals surface area contributed by atoms with Crippen molar-refractivity contribution in [1.29, 1.82) is 0 Å². The van der Waals surface area contributed by atoms with Crippen LogP contribution < -0.4 is 11.0 Å². The standard InChI is InChI=1S/C18H18N4O/c1-14-17(13-20-19-12-15-8-4-2-5-9-15)18(23)22(21-14)16-10-6-3-7-11-16/h2-11,13,19,21H,12H2,1H3. The maximum atomic E-state index is 12.5. The van der Waals surface area contributed by atoms with Gasteiger partial charge < -0.3 is 5.43 Å². The number of hydrogen-bond donors (Lipinski definition) is 2. The van der Waals surface area contributed by atoms with Gasteiger partial charge in [0.25, 0.3) is 5.56 Å². The maximum Gasteiger partial charge on any atom is 0.280 e. The number of para-hydroxylation sites is 1. The van der Waals surface area contributed by atoms with Crippen LogP contribution in [0.25, 0.3) is 5.69 Å². The highest BCUT2D eigenvalue weighted by Crippen LogP contribution is 2.05. The topological polar surface area (TPSA) is 62.2 Å². The van der Waals surface area contributed by atoms with Gasteiger partial charge in [0.05, 0.1) is 24.0 Å². The van der Waals surface area contributed by atoms with Gasteiger partial charge in [0, 0.05) is 5.69 Å². The molecule has 0 amide bonds. The van der Waals surface area contributed by atoms with Crippen molar-refractivity contribution in [2.45, 2.75) is 13.5 Å². The van der Waals surface area contributed by atoms with Gasteiger partial charge in [-0.1, -0.05) is 48.5 Å². The fourth-order valence-electron chi connectivity index (χ4n) is 2.31. The molecule has 0 aliphatic heterocycles. The van der Waals surface area contributed by atoms with Crippen molar-refractivity contribution >= 4 is 6.21 Å². The van der Waals surface area contributed by atoms with Crippen LogP contribution in [-0.4, -0.2) is 16.0 Å². The highest BCUT2D eigenvalue weighted by molar-refractivity contribution is 5.80. The second-order valence-corrected chi connectivity index (χ2v) is 5.21. The van der Waals surface area contributed by atoms with Gasteiger partial charge >= 0.3 is 0 Å². The number of hydrazone groups is 1. The summed E-state index contributed by atoms with van der Waals surface area (Å²) in [4.78, 5) is 12.5. The summed E-state index contributed by atoms with van der Waals surface area (Å²) in [5, 5.41) is 7.23. The quantitative estimate of drug-likeness (QED) is 0.562. The first-order valence-electron chi connectivity index (χ1n) is 7.42. The Labute approximate surface area is 134 Å². The third-order valence-electron chi connectivity index (χ3n) is 3.54. The molecule has 0 atom stereocenters. The Morgan fingerprint density at radius 3 is 2.43 bits per heavy atom. The minimum absolute atomic E-state index is 0.112. The number of benzene rings is 2. The molecule has 0 aliphatic carbocycles. The molecule has 3 rings (SSSR count). The summed E-state index contributed by atoms with van der Waals surface area (Å²) in [5.41, 5.74) is 6.12. The van der Waals surface area contributed by atoms with E-state index in [0.29, 0.717) is 12.1 Å². The zero-order chi connectivity index (χ0) is 16.1. The van der Waals surface area contributed by atoms with E-state index in [1.807, 2.05) is 67.6 Å². The fourth-order valence-corrected chi connectivity index (χ4v) is 2.31. The predicted molar refractivity (Wildman–Crippen MR) is 92.0 cm³/mol. The molecule has 2 N–H and O–H groups in total. The van der Waals surface area contributed by atoms with E-state index in [2.05, 4.69) is 15.6 Å². The molecule has 0 unspecified atom stereocenters. The molecular formula is C18H18N4O. The first-order valence-corrected chi connectivity index (χ1v) is 7.42. The summed E-state index contributed by atoms with van der Waals surface area (Å²) in [6.45, 7) is 2.48. The van der Waals surface area contributed by atoms with Crippen molar-refractivity contribution < 1.29 is 0 Å². The number of nitrogens with one attached hydrogen (secondary N) is 2. The van der Waals surface area contributed by atoms with E-state index in [0.717, 1.165) is 16.9 Å². The predicted octanol–water partition coefficient (Wildman–Crippen LogP) is 2.60. The molecule has 0 fully saturated rings. The zero-order valence-electron chi connectivity index (χ0n) is 12.9. The lowest BCUT2D eigenvalue weighted by Gasteiger charge is -1.99. The lowest BCUT2D eigenvalue weighted by molar-refractivity contribution is 0.748. The molecule has 0 saturated carbocycles. The number of rotatable bonds is 5. The van der Waals surface area contributed by atoms with Gasteiger partial charge in [0.2, 0.25) is 0 Å². The van der Waals surface area contributed by atoms with Crippen molar-refractivity contribution in [3.63, 3.8) is 0 Å². The van der Waals surface area contributed by atoms with E-state index < -0.39 is 0 Å². The first kappa shape index (κ1) is 14.8. The van der Waals surface area contributed by atoms with Crippen molar-refractivity contribution in [1.82, 2.24) is 15.2 Å². The molecule has 5 heteroatoms. The van der Waals surface area contributed by atoms with E-state index in [1.165, 1.54) is 4.68 Å². The summed E-state index contributed by atoms with van der Waals surface area (Å²) < 4.78 is 1.52. The summed E-state index contributed by atoms with van der Waals surface area (Å²) in [7, 11) is 0. The normalized spacial score (nSPS) is 11.0. The van der Waals surface area contributed by atoms with Crippen molar-refractivity contribution in [3.8, 4) is 5.69 Å². The van der Waals surface area contributed by atoms with Crippen LogP contribution in [0.4, 0.5) is 0 Å². The highest BCUT2D eigenvalue weighted by Gasteiger charge is 2.10. The monoisotopic (exact) mass is 306 g/mol. The minimum Gasteiger partial charge on any atom is -0.306 e. The lowest BCUT2D eigenvalue weighted by atomic mass is 10.2. The van der Waals surface area contributed by atoms with E-state index in [-0.39, 0.29) is 5.56 Å². The van der Waals surface area contributed by atoms with Gasteiger partial charge in [-0.25, -0.2) is 4.68 Å². The summed E-state index contributed by atoms with van der Waals surface area (Å²) in [6, 6.07) is 19.4. The van der Waals surface area contributed by atoms with Crippen molar-refractivity contribution in [2.75, 3.05) is 0 Å². The first-order chi connectivity index (χ1) is 11.3.